The van der Waals surface area contributed by atoms with Gasteiger partial charge in [0, 0.05) is 12.1 Å². The van der Waals surface area contributed by atoms with Gasteiger partial charge in [0.25, 0.3) is 0 Å². The Morgan fingerprint density at radius 3 is 2.64 bits per heavy atom. The zero-order valence-electron chi connectivity index (χ0n) is 14.1. The molecule has 3 aromatic rings. The number of nitrogens with one attached hydrogen (secondary N) is 1. The van der Waals surface area contributed by atoms with Gasteiger partial charge in [-0.15, -0.1) is 5.10 Å². The van der Waals surface area contributed by atoms with Gasteiger partial charge in [-0.3, -0.25) is 4.79 Å². The third kappa shape index (κ3) is 4.20. The molecule has 25 heavy (non-hydrogen) atoms. The number of carbonyl (C=O) groups is 1. The fourth-order valence-corrected chi connectivity index (χ4v) is 2.54. The Hall–Kier alpha value is -3.22. The number of benzene rings is 2. The van der Waals surface area contributed by atoms with E-state index in [1.165, 1.54) is 6.33 Å². The molecule has 3 rings (SSSR count). The SMILES string of the molecule is COc1ccc(CCC(=O)Nc2ccc(-n3cnnn3)c(C)c2)cc1. The summed E-state index contributed by atoms with van der Waals surface area (Å²) < 4.78 is 6.72. The van der Waals surface area contributed by atoms with Gasteiger partial charge in [-0.25, -0.2) is 4.68 Å². The van der Waals surface area contributed by atoms with Crippen LogP contribution in [0.1, 0.15) is 17.5 Å². The summed E-state index contributed by atoms with van der Waals surface area (Å²) in [5.74, 6) is 0.789. The van der Waals surface area contributed by atoms with Crippen molar-refractivity contribution in [1.29, 1.82) is 0 Å². The average molecular weight is 337 g/mol. The summed E-state index contributed by atoms with van der Waals surface area (Å²) in [6.45, 7) is 1.95. The summed E-state index contributed by atoms with van der Waals surface area (Å²) in [7, 11) is 1.63. The minimum atomic E-state index is -0.0228. The largest absolute Gasteiger partial charge is 0.497 e. The van der Waals surface area contributed by atoms with Crippen LogP contribution in [0, 0.1) is 6.92 Å². The monoisotopic (exact) mass is 337 g/mol. The molecule has 2 aromatic carbocycles. The highest BCUT2D eigenvalue weighted by Crippen LogP contribution is 2.18. The summed E-state index contributed by atoms with van der Waals surface area (Å²) in [4.78, 5) is 12.2. The van der Waals surface area contributed by atoms with E-state index in [1.54, 1.807) is 11.8 Å². The molecular weight excluding hydrogens is 318 g/mol. The fourth-order valence-electron chi connectivity index (χ4n) is 2.54. The van der Waals surface area contributed by atoms with E-state index in [0.29, 0.717) is 12.8 Å². The molecule has 0 aliphatic rings. The number of aryl methyl sites for hydroxylation is 2. The Bertz CT molecular complexity index is 844. The van der Waals surface area contributed by atoms with Crippen LogP contribution < -0.4 is 10.1 Å². The van der Waals surface area contributed by atoms with Gasteiger partial charge in [0.15, 0.2) is 0 Å². The molecule has 0 saturated heterocycles. The Morgan fingerprint density at radius 1 is 1.20 bits per heavy atom. The maximum Gasteiger partial charge on any atom is 0.224 e. The van der Waals surface area contributed by atoms with Gasteiger partial charge in [-0.1, -0.05) is 12.1 Å². The second-order valence-electron chi connectivity index (χ2n) is 5.65. The van der Waals surface area contributed by atoms with Gasteiger partial charge in [-0.05, 0) is 65.2 Å². The first kappa shape index (κ1) is 16.6. The van der Waals surface area contributed by atoms with Crippen LogP contribution in [-0.4, -0.2) is 33.2 Å². The highest BCUT2D eigenvalue weighted by molar-refractivity contribution is 5.91. The van der Waals surface area contributed by atoms with Crippen molar-refractivity contribution in [3.05, 3.63) is 59.9 Å². The van der Waals surface area contributed by atoms with Crippen LogP contribution in [-0.2, 0) is 11.2 Å². The van der Waals surface area contributed by atoms with Crippen molar-refractivity contribution < 1.29 is 9.53 Å². The fraction of sp³-hybridized carbons (Fsp3) is 0.222. The number of rotatable bonds is 6. The molecular formula is C18H19N5O2. The van der Waals surface area contributed by atoms with E-state index in [1.807, 2.05) is 49.4 Å². The zero-order chi connectivity index (χ0) is 17.6. The number of nitrogens with zero attached hydrogens (tertiary/aromatic N) is 4. The van der Waals surface area contributed by atoms with E-state index in [2.05, 4.69) is 20.8 Å². The van der Waals surface area contributed by atoms with Crippen molar-refractivity contribution in [2.45, 2.75) is 19.8 Å². The lowest BCUT2D eigenvalue weighted by Crippen LogP contribution is -2.12. The Kier molecular flexibility index (Phi) is 5.03. The van der Waals surface area contributed by atoms with Crippen molar-refractivity contribution >= 4 is 11.6 Å². The molecule has 0 aliphatic carbocycles. The number of hydrogen-bond donors (Lipinski definition) is 1. The Morgan fingerprint density at radius 2 is 2.00 bits per heavy atom. The molecule has 1 amide bonds. The van der Waals surface area contributed by atoms with Crippen molar-refractivity contribution in [3.8, 4) is 11.4 Å². The van der Waals surface area contributed by atoms with E-state index in [9.17, 15) is 4.79 Å². The number of carbonyl (C=O) groups excluding carboxylic acids is 1. The van der Waals surface area contributed by atoms with Gasteiger partial charge >= 0.3 is 0 Å². The molecule has 0 aliphatic heterocycles. The highest BCUT2D eigenvalue weighted by atomic mass is 16.5. The van der Waals surface area contributed by atoms with Crippen LogP contribution >= 0.6 is 0 Å². The van der Waals surface area contributed by atoms with Gasteiger partial charge in [0.2, 0.25) is 5.91 Å². The number of tetrazole rings is 1. The molecule has 7 heteroatoms. The normalized spacial score (nSPS) is 10.5. The number of methoxy groups -OCH3 is 1. The predicted molar refractivity (Wildman–Crippen MR) is 93.8 cm³/mol. The molecule has 0 unspecified atom stereocenters. The van der Waals surface area contributed by atoms with Gasteiger partial charge in [0.05, 0.1) is 12.8 Å². The molecule has 0 spiro atoms. The zero-order valence-corrected chi connectivity index (χ0v) is 14.1. The molecule has 0 bridgehead atoms. The van der Waals surface area contributed by atoms with E-state index >= 15 is 0 Å². The number of anilines is 1. The molecule has 1 N–H and O–H groups in total. The minimum Gasteiger partial charge on any atom is -0.497 e. The molecule has 128 valence electrons. The number of aromatic nitrogens is 4. The molecule has 0 atom stereocenters. The van der Waals surface area contributed by atoms with Crippen LogP contribution in [0.4, 0.5) is 5.69 Å². The van der Waals surface area contributed by atoms with Gasteiger partial charge in [-0.2, -0.15) is 0 Å². The average Bonchev–Trinajstić information content (AvgIpc) is 3.15. The first-order chi connectivity index (χ1) is 12.2. The van der Waals surface area contributed by atoms with E-state index in [4.69, 9.17) is 4.74 Å². The maximum atomic E-state index is 12.2. The lowest BCUT2D eigenvalue weighted by molar-refractivity contribution is -0.116. The number of ether oxygens (including phenoxy) is 1. The topological polar surface area (TPSA) is 81.9 Å². The predicted octanol–water partition coefficient (Wildman–Crippen LogP) is 2.55. The van der Waals surface area contributed by atoms with Crippen molar-refractivity contribution in [2.24, 2.45) is 0 Å². The van der Waals surface area contributed by atoms with Gasteiger partial charge in [0.1, 0.15) is 12.1 Å². The summed E-state index contributed by atoms with van der Waals surface area (Å²) in [5.41, 5.74) is 3.71. The van der Waals surface area contributed by atoms with Crippen LogP contribution in [0.25, 0.3) is 5.69 Å². The third-order valence-corrected chi connectivity index (χ3v) is 3.88. The summed E-state index contributed by atoms with van der Waals surface area (Å²) in [6, 6.07) is 13.4. The van der Waals surface area contributed by atoms with E-state index < -0.39 is 0 Å². The second-order valence-corrected chi connectivity index (χ2v) is 5.65. The van der Waals surface area contributed by atoms with Crippen LogP contribution in [0.5, 0.6) is 5.75 Å². The van der Waals surface area contributed by atoms with E-state index in [-0.39, 0.29) is 5.91 Å². The first-order valence-corrected chi connectivity index (χ1v) is 7.92. The lowest BCUT2D eigenvalue weighted by Gasteiger charge is -2.09. The Labute approximate surface area is 145 Å². The Balaban J connectivity index is 1.58. The third-order valence-electron chi connectivity index (χ3n) is 3.88. The molecule has 0 radical (unpaired) electrons. The minimum absolute atomic E-state index is 0.0228. The molecule has 0 fully saturated rings. The first-order valence-electron chi connectivity index (χ1n) is 7.92. The second kappa shape index (κ2) is 7.57. The van der Waals surface area contributed by atoms with Crippen LogP contribution in [0.15, 0.2) is 48.8 Å². The number of amides is 1. The van der Waals surface area contributed by atoms with Crippen LogP contribution in [0.2, 0.25) is 0 Å². The molecule has 1 heterocycles. The van der Waals surface area contributed by atoms with Crippen LogP contribution in [0.3, 0.4) is 0 Å². The maximum absolute atomic E-state index is 12.2. The van der Waals surface area contributed by atoms with Crippen molar-refractivity contribution in [2.75, 3.05) is 12.4 Å². The summed E-state index contributed by atoms with van der Waals surface area (Å²) in [5, 5.41) is 14.1. The summed E-state index contributed by atoms with van der Waals surface area (Å²) >= 11 is 0. The molecule has 1 aromatic heterocycles. The van der Waals surface area contributed by atoms with Crippen molar-refractivity contribution in [3.63, 3.8) is 0 Å². The van der Waals surface area contributed by atoms with E-state index in [0.717, 1.165) is 28.3 Å². The molecule has 7 nitrogen and oxygen atoms in total. The molecule has 0 saturated carbocycles. The quantitative estimate of drug-likeness (QED) is 0.747. The van der Waals surface area contributed by atoms with Gasteiger partial charge < -0.3 is 10.1 Å². The highest BCUT2D eigenvalue weighted by Gasteiger charge is 2.07. The smallest absolute Gasteiger partial charge is 0.224 e. The summed E-state index contributed by atoms with van der Waals surface area (Å²) in [6.07, 6.45) is 2.63. The standard InChI is InChI=1S/C18H19N5O2/c1-13-11-15(6-9-17(13)23-12-19-21-22-23)20-18(24)10-5-14-3-7-16(25-2)8-4-14/h3-4,6-9,11-12H,5,10H2,1-2H3,(H,20,24). The number of hydrogen-bond acceptors (Lipinski definition) is 5. The van der Waals surface area contributed by atoms with Crippen molar-refractivity contribution in [1.82, 2.24) is 20.2 Å². The lowest BCUT2D eigenvalue weighted by atomic mass is 10.1.